The molecule has 1 amide bonds. The molecule has 0 aromatic heterocycles. The molecule has 3 rings (SSSR count). The number of carbonyl (C=O) groups is 1. The van der Waals surface area contributed by atoms with E-state index < -0.39 is 0 Å². The first-order valence-electron chi connectivity index (χ1n) is 9.65. The summed E-state index contributed by atoms with van der Waals surface area (Å²) >= 11 is 3.86. The van der Waals surface area contributed by atoms with Crippen molar-refractivity contribution in [1.82, 2.24) is 5.32 Å². The minimum absolute atomic E-state index is 0.0570. The van der Waals surface area contributed by atoms with Crippen LogP contribution in [0.15, 0.2) is 34.1 Å². The van der Waals surface area contributed by atoms with E-state index in [1.807, 2.05) is 23.5 Å². The van der Waals surface area contributed by atoms with Crippen LogP contribution in [0.25, 0.3) is 10.8 Å². The van der Waals surface area contributed by atoms with Crippen molar-refractivity contribution in [1.29, 1.82) is 0 Å². The van der Waals surface area contributed by atoms with Gasteiger partial charge in [-0.1, -0.05) is 53.7 Å². The molecule has 0 saturated carbocycles. The van der Waals surface area contributed by atoms with Gasteiger partial charge in [0.25, 0.3) is 0 Å². The van der Waals surface area contributed by atoms with Gasteiger partial charge in [0.15, 0.2) is 0 Å². The fourth-order valence-electron chi connectivity index (χ4n) is 3.74. The lowest BCUT2D eigenvalue weighted by Gasteiger charge is -2.31. The van der Waals surface area contributed by atoms with Gasteiger partial charge in [0.1, 0.15) is 0 Å². The maximum Gasteiger partial charge on any atom is 0.217 e. The Kier molecular flexibility index (Phi) is 5.62. The molecule has 0 atom stereocenters. The number of rotatable bonds is 3. The summed E-state index contributed by atoms with van der Waals surface area (Å²) in [5.74, 6) is 0.0570. The number of hydrogen-bond donors (Lipinski definition) is 1. The van der Waals surface area contributed by atoms with Gasteiger partial charge < -0.3 is 5.32 Å². The van der Waals surface area contributed by atoms with Crippen LogP contribution in [0.5, 0.6) is 0 Å². The predicted molar refractivity (Wildman–Crippen MR) is 120 cm³/mol. The minimum atomic E-state index is 0.0570. The number of thioether (sulfide) groups is 2. The molecule has 2 aromatic rings. The number of benzene rings is 2. The van der Waals surface area contributed by atoms with E-state index in [2.05, 4.69) is 71.1 Å². The third-order valence-electron chi connectivity index (χ3n) is 4.46. The quantitative estimate of drug-likeness (QED) is 0.619. The van der Waals surface area contributed by atoms with E-state index in [0.717, 1.165) is 12.8 Å². The van der Waals surface area contributed by atoms with Gasteiger partial charge in [-0.25, -0.2) is 0 Å². The average molecular weight is 402 g/mol. The Bertz CT molecular complexity index is 814. The normalized spacial score (nSPS) is 15.2. The summed E-state index contributed by atoms with van der Waals surface area (Å²) < 4.78 is 0.312. The summed E-state index contributed by atoms with van der Waals surface area (Å²) in [6.45, 7) is 15.2. The Balaban J connectivity index is 2.19. The molecule has 0 bridgehead atoms. The van der Waals surface area contributed by atoms with Gasteiger partial charge in [-0.05, 0) is 46.9 Å². The molecule has 1 aliphatic carbocycles. The highest BCUT2D eigenvalue weighted by Crippen LogP contribution is 2.45. The summed E-state index contributed by atoms with van der Waals surface area (Å²) in [7, 11) is 0. The highest BCUT2D eigenvalue weighted by atomic mass is 32.2. The van der Waals surface area contributed by atoms with Crippen LogP contribution in [-0.4, -0.2) is 21.4 Å². The summed E-state index contributed by atoms with van der Waals surface area (Å²) in [5.41, 5.74) is 2.81. The molecule has 4 heteroatoms. The molecule has 0 unspecified atom stereocenters. The Morgan fingerprint density at radius 3 is 1.70 bits per heavy atom. The van der Waals surface area contributed by atoms with Crippen molar-refractivity contribution in [3.63, 3.8) is 0 Å². The van der Waals surface area contributed by atoms with Gasteiger partial charge in [-0.3, -0.25) is 4.79 Å². The molecule has 1 N–H and O–H groups in total. The Labute approximate surface area is 172 Å². The Morgan fingerprint density at radius 1 is 0.889 bits per heavy atom. The van der Waals surface area contributed by atoms with E-state index in [1.54, 1.807) is 6.92 Å². The van der Waals surface area contributed by atoms with Crippen molar-refractivity contribution >= 4 is 40.2 Å². The summed E-state index contributed by atoms with van der Waals surface area (Å²) in [6.07, 6.45) is 1.82. The molecule has 2 nitrogen and oxygen atoms in total. The van der Waals surface area contributed by atoms with Crippen LogP contribution in [0.1, 0.15) is 59.6 Å². The van der Waals surface area contributed by atoms with Crippen LogP contribution >= 0.6 is 23.5 Å². The molecule has 27 heavy (non-hydrogen) atoms. The van der Waals surface area contributed by atoms with Gasteiger partial charge in [-0.15, -0.1) is 23.5 Å². The monoisotopic (exact) mass is 401 g/mol. The lowest BCUT2D eigenvalue weighted by Crippen LogP contribution is -2.38. The van der Waals surface area contributed by atoms with E-state index in [-0.39, 0.29) is 21.4 Å². The van der Waals surface area contributed by atoms with Crippen molar-refractivity contribution in [2.45, 2.75) is 86.6 Å². The topological polar surface area (TPSA) is 29.1 Å². The average Bonchev–Trinajstić information content (AvgIpc) is 2.49. The fourth-order valence-corrected chi connectivity index (χ4v) is 5.95. The minimum Gasteiger partial charge on any atom is -0.353 e. The SMILES string of the molecule is CC(=O)NC1Cc2c(SC(C)(C)C)ccc3ccc(SC(C)(C)C)c(c23)C1. The molecule has 1 aliphatic rings. The van der Waals surface area contributed by atoms with Crippen molar-refractivity contribution in [2.24, 2.45) is 0 Å². The van der Waals surface area contributed by atoms with Crippen molar-refractivity contribution in [3.8, 4) is 0 Å². The maximum atomic E-state index is 11.8. The molecule has 2 aromatic carbocycles. The summed E-state index contributed by atoms with van der Waals surface area (Å²) in [4.78, 5) is 14.5. The van der Waals surface area contributed by atoms with Gasteiger partial charge in [0.2, 0.25) is 5.91 Å². The second kappa shape index (κ2) is 7.36. The summed E-state index contributed by atoms with van der Waals surface area (Å²) in [6, 6.07) is 9.23. The zero-order valence-electron chi connectivity index (χ0n) is 17.5. The van der Waals surface area contributed by atoms with Gasteiger partial charge in [-0.2, -0.15) is 0 Å². The first kappa shape index (κ1) is 20.6. The summed E-state index contributed by atoms with van der Waals surface area (Å²) in [5, 5.41) is 5.92. The van der Waals surface area contributed by atoms with Gasteiger partial charge in [0, 0.05) is 32.3 Å². The number of nitrogens with one attached hydrogen (secondary N) is 1. The van der Waals surface area contributed by atoms with E-state index in [4.69, 9.17) is 0 Å². The first-order valence-corrected chi connectivity index (χ1v) is 11.3. The lowest BCUT2D eigenvalue weighted by atomic mass is 9.85. The maximum absolute atomic E-state index is 11.8. The largest absolute Gasteiger partial charge is 0.353 e. The second-order valence-electron chi connectivity index (χ2n) is 9.42. The van der Waals surface area contributed by atoms with Crippen molar-refractivity contribution in [3.05, 3.63) is 35.4 Å². The molecule has 146 valence electrons. The number of hydrogen-bond acceptors (Lipinski definition) is 3. The highest BCUT2D eigenvalue weighted by Gasteiger charge is 2.28. The third kappa shape index (κ3) is 5.03. The van der Waals surface area contributed by atoms with E-state index in [1.165, 1.54) is 31.7 Å². The van der Waals surface area contributed by atoms with Crippen LogP contribution in [0.2, 0.25) is 0 Å². The molecule has 0 fully saturated rings. The highest BCUT2D eigenvalue weighted by molar-refractivity contribution is 8.01. The smallest absolute Gasteiger partial charge is 0.217 e. The predicted octanol–water partition coefficient (Wildman–Crippen LogP) is 6.22. The van der Waals surface area contributed by atoms with Crippen LogP contribution in [0, 0.1) is 0 Å². The molecule has 0 heterocycles. The molecule has 0 spiro atoms. The van der Waals surface area contributed by atoms with Gasteiger partial charge in [0.05, 0.1) is 0 Å². The third-order valence-corrected chi connectivity index (χ3v) is 6.89. The van der Waals surface area contributed by atoms with Crippen LogP contribution in [-0.2, 0) is 17.6 Å². The molecule has 0 saturated heterocycles. The van der Waals surface area contributed by atoms with Gasteiger partial charge >= 0.3 is 0 Å². The fraction of sp³-hybridized carbons (Fsp3) is 0.522. The number of amides is 1. The first-order chi connectivity index (χ1) is 12.4. The van der Waals surface area contributed by atoms with E-state index >= 15 is 0 Å². The zero-order chi connectivity index (χ0) is 20.0. The van der Waals surface area contributed by atoms with Crippen molar-refractivity contribution in [2.75, 3.05) is 0 Å². The Hall–Kier alpha value is -1.13. The Morgan fingerprint density at radius 2 is 1.33 bits per heavy atom. The van der Waals surface area contributed by atoms with Crippen molar-refractivity contribution < 1.29 is 4.79 Å². The van der Waals surface area contributed by atoms with E-state index in [0.29, 0.717) is 0 Å². The molecular formula is C23H31NOS2. The standard InChI is InChI=1S/C23H31NOS2/c1-14(25)24-16-12-17-19(26-22(2,3)4)10-8-15-9-11-20(27-23(5,6)7)18(13-16)21(15)17/h8-11,16H,12-13H2,1-7H3,(H,24,25). The van der Waals surface area contributed by atoms with Crippen LogP contribution in [0.3, 0.4) is 0 Å². The van der Waals surface area contributed by atoms with Crippen LogP contribution in [0.4, 0.5) is 0 Å². The zero-order valence-corrected chi connectivity index (χ0v) is 19.2. The second-order valence-corrected chi connectivity index (χ2v) is 13.2. The lowest BCUT2D eigenvalue weighted by molar-refractivity contribution is -0.119. The molecule has 0 radical (unpaired) electrons. The van der Waals surface area contributed by atoms with E-state index in [9.17, 15) is 4.79 Å². The van der Waals surface area contributed by atoms with Crippen LogP contribution < -0.4 is 5.32 Å². The molecule has 0 aliphatic heterocycles. The number of carbonyl (C=O) groups excluding carboxylic acids is 1. The molecular weight excluding hydrogens is 370 g/mol.